The molecular formula is C12H9Br3N2O2S. The van der Waals surface area contributed by atoms with Crippen molar-refractivity contribution in [3.05, 3.63) is 49.8 Å². The summed E-state index contributed by atoms with van der Waals surface area (Å²) in [6, 6.07) is 9.79. The number of anilines is 2. The van der Waals surface area contributed by atoms with E-state index in [-0.39, 0.29) is 10.6 Å². The number of nitrogens with two attached hydrogens (primary N) is 1. The molecule has 20 heavy (non-hydrogen) atoms. The predicted molar refractivity (Wildman–Crippen MR) is 91.2 cm³/mol. The highest BCUT2D eigenvalue weighted by atomic mass is 79.9. The molecule has 0 atom stereocenters. The summed E-state index contributed by atoms with van der Waals surface area (Å²) in [7, 11) is -3.75. The third-order valence-corrected chi connectivity index (χ3v) is 5.58. The third kappa shape index (κ3) is 3.36. The number of nitrogens with one attached hydrogen (secondary N) is 1. The molecule has 0 fully saturated rings. The number of benzene rings is 2. The fourth-order valence-electron chi connectivity index (χ4n) is 1.55. The van der Waals surface area contributed by atoms with E-state index in [9.17, 15) is 8.42 Å². The standard InChI is InChI=1S/C12H9Br3N2O2S/c13-7-5-8(14)12(9(15)6-7)17-20(18,19)11-4-2-1-3-10(11)16/h1-6,17H,16H2. The minimum Gasteiger partial charge on any atom is -0.398 e. The topological polar surface area (TPSA) is 72.2 Å². The Labute approximate surface area is 142 Å². The first-order chi connectivity index (χ1) is 9.31. The van der Waals surface area contributed by atoms with Crippen molar-refractivity contribution in [2.24, 2.45) is 0 Å². The van der Waals surface area contributed by atoms with E-state index in [0.717, 1.165) is 4.47 Å². The van der Waals surface area contributed by atoms with Crippen LogP contribution in [0.5, 0.6) is 0 Å². The molecule has 0 bridgehead atoms. The molecule has 8 heteroatoms. The highest BCUT2D eigenvalue weighted by Gasteiger charge is 2.20. The van der Waals surface area contributed by atoms with E-state index in [1.54, 1.807) is 30.3 Å². The van der Waals surface area contributed by atoms with Crippen LogP contribution in [0, 0.1) is 0 Å². The molecule has 2 rings (SSSR count). The minimum atomic E-state index is -3.75. The van der Waals surface area contributed by atoms with Crippen LogP contribution in [-0.4, -0.2) is 8.42 Å². The normalized spacial score (nSPS) is 11.3. The number of hydrogen-bond acceptors (Lipinski definition) is 3. The Bertz CT molecular complexity index is 740. The second-order valence-electron chi connectivity index (χ2n) is 3.89. The molecule has 2 aromatic rings. The van der Waals surface area contributed by atoms with E-state index in [1.807, 2.05) is 0 Å². The molecule has 0 aliphatic heterocycles. The molecule has 0 aliphatic rings. The Morgan fingerprint density at radius 1 is 1.00 bits per heavy atom. The Hall–Kier alpha value is -0.570. The summed E-state index contributed by atoms with van der Waals surface area (Å²) in [5, 5.41) is 0. The molecule has 0 radical (unpaired) electrons. The van der Waals surface area contributed by atoms with Gasteiger partial charge in [0.25, 0.3) is 10.0 Å². The Kier molecular flexibility index (Phi) is 4.78. The van der Waals surface area contributed by atoms with Crippen LogP contribution in [0.15, 0.2) is 54.7 Å². The van der Waals surface area contributed by atoms with Gasteiger partial charge in [-0.25, -0.2) is 8.42 Å². The lowest BCUT2D eigenvalue weighted by atomic mass is 10.3. The molecule has 0 aromatic heterocycles. The maximum atomic E-state index is 12.4. The summed E-state index contributed by atoms with van der Waals surface area (Å²) in [5.41, 5.74) is 6.32. The number of rotatable bonds is 3. The lowest BCUT2D eigenvalue weighted by Crippen LogP contribution is -2.15. The zero-order chi connectivity index (χ0) is 14.9. The molecule has 106 valence electrons. The van der Waals surface area contributed by atoms with Gasteiger partial charge in [-0.05, 0) is 56.1 Å². The highest BCUT2D eigenvalue weighted by molar-refractivity contribution is 9.11. The molecule has 0 heterocycles. The quantitative estimate of drug-likeness (QED) is 0.636. The Balaban J connectivity index is 2.47. The molecular weight excluding hydrogens is 476 g/mol. The van der Waals surface area contributed by atoms with E-state index in [0.29, 0.717) is 14.6 Å². The van der Waals surface area contributed by atoms with Gasteiger partial charge in [-0.1, -0.05) is 28.1 Å². The highest BCUT2D eigenvalue weighted by Crippen LogP contribution is 2.36. The molecule has 3 N–H and O–H groups in total. The van der Waals surface area contributed by atoms with Crippen LogP contribution in [0.3, 0.4) is 0 Å². The lowest BCUT2D eigenvalue weighted by Gasteiger charge is -2.13. The van der Waals surface area contributed by atoms with Crippen LogP contribution in [0.25, 0.3) is 0 Å². The van der Waals surface area contributed by atoms with Crippen LogP contribution in [-0.2, 0) is 10.0 Å². The lowest BCUT2D eigenvalue weighted by molar-refractivity contribution is 0.601. The first kappa shape index (κ1) is 15.8. The summed E-state index contributed by atoms with van der Waals surface area (Å²) >= 11 is 9.97. The second-order valence-corrected chi connectivity index (χ2v) is 8.16. The van der Waals surface area contributed by atoms with Gasteiger partial charge in [0.2, 0.25) is 0 Å². The molecule has 0 saturated heterocycles. The Morgan fingerprint density at radius 3 is 2.10 bits per heavy atom. The molecule has 0 aliphatic carbocycles. The number of halogens is 3. The fourth-order valence-corrected chi connectivity index (χ4v) is 5.51. The molecule has 0 amide bonds. The van der Waals surface area contributed by atoms with Crippen molar-refractivity contribution in [2.45, 2.75) is 4.90 Å². The van der Waals surface area contributed by atoms with Gasteiger partial charge >= 0.3 is 0 Å². The monoisotopic (exact) mass is 482 g/mol. The van der Waals surface area contributed by atoms with E-state index in [4.69, 9.17) is 5.73 Å². The maximum Gasteiger partial charge on any atom is 0.264 e. The van der Waals surface area contributed by atoms with Gasteiger partial charge in [0.05, 0.1) is 11.4 Å². The number of hydrogen-bond donors (Lipinski definition) is 2. The van der Waals surface area contributed by atoms with Crippen LogP contribution in [0.1, 0.15) is 0 Å². The molecule has 0 spiro atoms. The fraction of sp³-hybridized carbons (Fsp3) is 0. The summed E-state index contributed by atoms with van der Waals surface area (Å²) < 4.78 is 29.3. The van der Waals surface area contributed by atoms with Gasteiger partial charge in [0, 0.05) is 13.4 Å². The van der Waals surface area contributed by atoms with Crippen molar-refractivity contribution >= 4 is 69.2 Å². The largest absolute Gasteiger partial charge is 0.398 e. The molecule has 0 unspecified atom stereocenters. The van der Waals surface area contributed by atoms with E-state index in [2.05, 4.69) is 52.5 Å². The van der Waals surface area contributed by atoms with E-state index in [1.165, 1.54) is 6.07 Å². The average Bonchev–Trinajstić information content (AvgIpc) is 2.34. The van der Waals surface area contributed by atoms with Crippen molar-refractivity contribution < 1.29 is 8.42 Å². The summed E-state index contributed by atoms with van der Waals surface area (Å²) in [6.45, 7) is 0. The zero-order valence-corrected chi connectivity index (χ0v) is 15.5. The first-order valence-corrected chi connectivity index (χ1v) is 9.19. The van der Waals surface area contributed by atoms with Gasteiger partial charge in [-0.15, -0.1) is 0 Å². The second kappa shape index (κ2) is 6.05. The minimum absolute atomic E-state index is 0.0433. The van der Waals surface area contributed by atoms with E-state index >= 15 is 0 Å². The summed E-state index contributed by atoms with van der Waals surface area (Å²) in [6.07, 6.45) is 0. The van der Waals surface area contributed by atoms with Crippen molar-refractivity contribution in [1.82, 2.24) is 0 Å². The van der Waals surface area contributed by atoms with Gasteiger partial charge in [0.1, 0.15) is 4.90 Å². The zero-order valence-electron chi connectivity index (χ0n) is 9.90. The summed E-state index contributed by atoms with van der Waals surface area (Å²) in [5.74, 6) is 0. The van der Waals surface area contributed by atoms with Gasteiger partial charge < -0.3 is 5.73 Å². The molecule has 0 saturated carbocycles. The van der Waals surface area contributed by atoms with Crippen molar-refractivity contribution in [3.8, 4) is 0 Å². The number of sulfonamides is 1. The average molecular weight is 485 g/mol. The molecule has 2 aromatic carbocycles. The van der Waals surface area contributed by atoms with Gasteiger partial charge in [-0.2, -0.15) is 0 Å². The van der Waals surface area contributed by atoms with Crippen LogP contribution < -0.4 is 10.5 Å². The van der Waals surface area contributed by atoms with Crippen molar-refractivity contribution in [2.75, 3.05) is 10.5 Å². The van der Waals surface area contributed by atoms with Crippen LogP contribution in [0.4, 0.5) is 11.4 Å². The Morgan fingerprint density at radius 2 is 1.55 bits per heavy atom. The summed E-state index contributed by atoms with van der Waals surface area (Å²) in [4.78, 5) is 0.0433. The van der Waals surface area contributed by atoms with Gasteiger partial charge in [0.15, 0.2) is 0 Å². The first-order valence-electron chi connectivity index (χ1n) is 5.33. The van der Waals surface area contributed by atoms with Crippen molar-refractivity contribution in [3.63, 3.8) is 0 Å². The van der Waals surface area contributed by atoms with E-state index < -0.39 is 10.0 Å². The predicted octanol–water partition coefficient (Wildman–Crippen LogP) is 4.36. The number of nitrogen functional groups attached to an aromatic ring is 1. The van der Waals surface area contributed by atoms with Gasteiger partial charge in [-0.3, -0.25) is 4.72 Å². The van der Waals surface area contributed by atoms with Crippen LogP contribution >= 0.6 is 47.8 Å². The smallest absolute Gasteiger partial charge is 0.264 e. The SMILES string of the molecule is Nc1ccccc1S(=O)(=O)Nc1c(Br)cc(Br)cc1Br. The van der Waals surface area contributed by atoms with Crippen molar-refractivity contribution in [1.29, 1.82) is 0 Å². The number of para-hydroxylation sites is 1. The van der Waals surface area contributed by atoms with Crippen LogP contribution in [0.2, 0.25) is 0 Å². The molecule has 4 nitrogen and oxygen atoms in total. The third-order valence-electron chi connectivity index (χ3n) is 2.45. The maximum absolute atomic E-state index is 12.4.